The highest BCUT2D eigenvalue weighted by molar-refractivity contribution is 6.30. The summed E-state index contributed by atoms with van der Waals surface area (Å²) in [6.07, 6.45) is 4.02. The number of aliphatic hydroxyl groups excluding tert-OH is 1. The molecular weight excluding hydrogens is 268 g/mol. The normalized spacial score (nSPS) is 24.1. The molecule has 0 heterocycles. The zero-order valence-corrected chi connectivity index (χ0v) is 13.2. The Labute approximate surface area is 127 Å². The maximum atomic E-state index is 9.73. The molecule has 2 rings (SSSR count). The van der Waals surface area contributed by atoms with Crippen molar-refractivity contribution in [2.75, 3.05) is 0 Å². The summed E-state index contributed by atoms with van der Waals surface area (Å²) in [4.78, 5) is 0. The summed E-state index contributed by atoms with van der Waals surface area (Å²) in [5.74, 6) is 1.46. The first-order valence-corrected chi connectivity index (χ1v) is 7.97. The summed E-state index contributed by atoms with van der Waals surface area (Å²) in [7, 11) is 0. The lowest BCUT2D eigenvalue weighted by Crippen LogP contribution is -2.12. The van der Waals surface area contributed by atoms with Gasteiger partial charge in [-0.05, 0) is 55.2 Å². The van der Waals surface area contributed by atoms with E-state index in [1.54, 1.807) is 0 Å². The van der Waals surface area contributed by atoms with E-state index in [-0.39, 0.29) is 6.10 Å². The van der Waals surface area contributed by atoms with Gasteiger partial charge in [0.25, 0.3) is 0 Å². The van der Waals surface area contributed by atoms with Crippen molar-refractivity contribution in [1.82, 2.24) is 0 Å². The second-order valence-electron chi connectivity index (χ2n) is 6.40. The second kappa shape index (κ2) is 6.78. The van der Waals surface area contributed by atoms with Crippen LogP contribution in [0.3, 0.4) is 0 Å². The fraction of sp³-hybridized carbons (Fsp3) is 0.556. The summed E-state index contributed by atoms with van der Waals surface area (Å²) in [6.45, 7) is 8.73. The first-order valence-electron chi connectivity index (χ1n) is 7.59. The highest BCUT2D eigenvalue weighted by Gasteiger charge is 2.28. The van der Waals surface area contributed by atoms with Gasteiger partial charge >= 0.3 is 0 Å². The van der Waals surface area contributed by atoms with E-state index in [9.17, 15) is 5.11 Å². The Bertz CT molecular complexity index is 449. The average molecular weight is 293 g/mol. The predicted octanol–water partition coefficient (Wildman–Crippen LogP) is 5.19. The molecule has 110 valence electrons. The molecule has 0 bridgehead atoms. The number of rotatable bonds is 5. The molecule has 3 atom stereocenters. The van der Waals surface area contributed by atoms with Crippen molar-refractivity contribution in [2.45, 2.75) is 51.6 Å². The molecule has 1 aromatic carbocycles. The molecule has 0 saturated heterocycles. The van der Waals surface area contributed by atoms with E-state index >= 15 is 0 Å². The molecule has 0 radical (unpaired) electrons. The molecule has 0 aliphatic heterocycles. The van der Waals surface area contributed by atoms with E-state index in [4.69, 9.17) is 11.6 Å². The van der Waals surface area contributed by atoms with E-state index in [1.165, 1.54) is 11.1 Å². The van der Waals surface area contributed by atoms with Crippen LogP contribution in [0.25, 0.3) is 0 Å². The predicted molar refractivity (Wildman–Crippen MR) is 86.1 cm³/mol. The van der Waals surface area contributed by atoms with Crippen molar-refractivity contribution in [1.29, 1.82) is 0 Å². The van der Waals surface area contributed by atoms with Crippen LogP contribution < -0.4 is 0 Å². The van der Waals surface area contributed by atoms with Gasteiger partial charge in [-0.2, -0.15) is 0 Å². The molecule has 1 N–H and O–H groups in total. The highest BCUT2D eigenvalue weighted by Crippen LogP contribution is 2.39. The number of aliphatic hydroxyl groups is 1. The highest BCUT2D eigenvalue weighted by atomic mass is 35.5. The minimum atomic E-state index is -0.0989. The summed E-state index contributed by atoms with van der Waals surface area (Å²) >= 11 is 5.99. The zero-order chi connectivity index (χ0) is 14.7. The van der Waals surface area contributed by atoms with Gasteiger partial charge in [0.2, 0.25) is 0 Å². The van der Waals surface area contributed by atoms with Crippen LogP contribution in [0.1, 0.15) is 51.0 Å². The molecule has 1 aliphatic carbocycles. The summed E-state index contributed by atoms with van der Waals surface area (Å²) < 4.78 is 0. The van der Waals surface area contributed by atoms with Gasteiger partial charge in [-0.25, -0.2) is 0 Å². The average Bonchev–Trinajstić information content (AvgIpc) is 2.82. The minimum Gasteiger partial charge on any atom is -0.393 e. The van der Waals surface area contributed by atoms with Crippen LogP contribution in [0.15, 0.2) is 36.4 Å². The number of allylic oxidation sites excluding steroid dienone is 1. The topological polar surface area (TPSA) is 20.2 Å². The Kier molecular flexibility index (Phi) is 5.29. The van der Waals surface area contributed by atoms with E-state index in [2.05, 4.69) is 32.6 Å². The third kappa shape index (κ3) is 3.86. The van der Waals surface area contributed by atoms with E-state index < -0.39 is 0 Å². The van der Waals surface area contributed by atoms with Gasteiger partial charge in [-0.1, -0.05) is 49.7 Å². The van der Waals surface area contributed by atoms with E-state index in [0.717, 1.165) is 30.7 Å². The van der Waals surface area contributed by atoms with Crippen molar-refractivity contribution >= 4 is 11.6 Å². The van der Waals surface area contributed by atoms with Gasteiger partial charge in [0.15, 0.2) is 0 Å². The number of halogens is 1. The largest absolute Gasteiger partial charge is 0.393 e. The molecule has 0 amide bonds. The zero-order valence-electron chi connectivity index (χ0n) is 12.5. The summed E-state index contributed by atoms with van der Waals surface area (Å²) in [6, 6.07) is 8.15. The summed E-state index contributed by atoms with van der Waals surface area (Å²) in [5.41, 5.74) is 2.59. The van der Waals surface area contributed by atoms with Crippen LogP contribution >= 0.6 is 11.6 Å². The molecule has 1 aromatic rings. The molecule has 0 aromatic heterocycles. The lowest BCUT2D eigenvalue weighted by atomic mass is 9.79. The standard InChI is InChI=1S/C18H25ClO/c1-12(2)13(3)18(11-14-4-9-17(20)10-14)15-5-7-16(19)8-6-15/h5-8,12,14,17-18,20H,3-4,9-11H2,1-2H3/t14?,17-,18-/m1/s1. The van der Waals surface area contributed by atoms with Gasteiger partial charge in [0.05, 0.1) is 6.10 Å². The van der Waals surface area contributed by atoms with Crippen LogP contribution in [0.4, 0.5) is 0 Å². The van der Waals surface area contributed by atoms with Crippen molar-refractivity contribution < 1.29 is 5.11 Å². The molecule has 1 nitrogen and oxygen atoms in total. The monoisotopic (exact) mass is 292 g/mol. The SMILES string of the molecule is C=C(C(C)C)[C@@H](CC1CC[C@@H](O)C1)c1ccc(Cl)cc1. The van der Waals surface area contributed by atoms with Crippen LogP contribution in [-0.2, 0) is 0 Å². The number of hydrogen-bond acceptors (Lipinski definition) is 1. The van der Waals surface area contributed by atoms with Gasteiger partial charge in [-0.3, -0.25) is 0 Å². The second-order valence-corrected chi connectivity index (χ2v) is 6.84. The van der Waals surface area contributed by atoms with E-state index in [1.807, 2.05) is 12.1 Å². The maximum absolute atomic E-state index is 9.73. The number of hydrogen-bond donors (Lipinski definition) is 1. The first kappa shape index (κ1) is 15.6. The summed E-state index contributed by atoms with van der Waals surface area (Å²) in [5, 5.41) is 10.5. The van der Waals surface area contributed by atoms with Gasteiger partial charge in [0, 0.05) is 10.9 Å². The molecule has 20 heavy (non-hydrogen) atoms. The lowest BCUT2D eigenvalue weighted by molar-refractivity contribution is 0.176. The molecule has 1 aliphatic rings. The Hall–Kier alpha value is -0.790. The van der Waals surface area contributed by atoms with Crippen molar-refractivity contribution in [3.63, 3.8) is 0 Å². The fourth-order valence-corrected chi connectivity index (χ4v) is 3.32. The lowest BCUT2D eigenvalue weighted by Gasteiger charge is -2.26. The van der Waals surface area contributed by atoms with Crippen LogP contribution in [0, 0.1) is 11.8 Å². The maximum Gasteiger partial charge on any atom is 0.0543 e. The third-order valence-electron chi connectivity index (χ3n) is 4.54. The smallest absolute Gasteiger partial charge is 0.0543 e. The first-order chi connectivity index (χ1) is 9.47. The molecule has 1 saturated carbocycles. The van der Waals surface area contributed by atoms with Crippen LogP contribution in [-0.4, -0.2) is 11.2 Å². The Morgan fingerprint density at radius 3 is 2.45 bits per heavy atom. The van der Waals surface area contributed by atoms with Gasteiger partial charge in [-0.15, -0.1) is 0 Å². The third-order valence-corrected chi connectivity index (χ3v) is 4.80. The van der Waals surface area contributed by atoms with Crippen molar-refractivity contribution in [3.05, 3.63) is 47.0 Å². The van der Waals surface area contributed by atoms with Gasteiger partial charge in [0.1, 0.15) is 0 Å². The molecule has 0 spiro atoms. The quantitative estimate of drug-likeness (QED) is 0.741. The fourth-order valence-electron chi connectivity index (χ4n) is 3.19. The Morgan fingerprint density at radius 2 is 1.95 bits per heavy atom. The minimum absolute atomic E-state index is 0.0989. The molecular formula is C18H25ClO. The van der Waals surface area contributed by atoms with Crippen molar-refractivity contribution in [2.24, 2.45) is 11.8 Å². The number of benzene rings is 1. The van der Waals surface area contributed by atoms with Crippen LogP contribution in [0.2, 0.25) is 5.02 Å². The van der Waals surface area contributed by atoms with Gasteiger partial charge < -0.3 is 5.11 Å². The Morgan fingerprint density at radius 1 is 1.30 bits per heavy atom. The molecule has 1 fully saturated rings. The Balaban J connectivity index is 2.16. The van der Waals surface area contributed by atoms with E-state index in [0.29, 0.717) is 17.8 Å². The molecule has 2 heteroatoms. The van der Waals surface area contributed by atoms with Crippen LogP contribution in [0.5, 0.6) is 0 Å². The van der Waals surface area contributed by atoms with Crippen molar-refractivity contribution in [3.8, 4) is 0 Å². The molecule has 1 unspecified atom stereocenters.